The van der Waals surface area contributed by atoms with Gasteiger partial charge in [-0.25, -0.2) is 0 Å². The van der Waals surface area contributed by atoms with Crippen LogP contribution in [0, 0.1) is 0 Å². The molecule has 1 heterocycles. The molecule has 1 aromatic heterocycles. The van der Waals surface area contributed by atoms with E-state index in [0.29, 0.717) is 15.9 Å². The Morgan fingerprint density at radius 1 is 1.17 bits per heavy atom. The highest BCUT2D eigenvalue weighted by atomic mass is 35.5. The molecule has 6 heteroatoms. The maximum Gasteiger partial charge on any atom is 0.264 e. The zero-order valence-corrected chi connectivity index (χ0v) is 14.2. The third kappa shape index (κ3) is 9.90. The van der Waals surface area contributed by atoms with Gasteiger partial charge < -0.3 is 5.11 Å². The number of aliphatic hydroxyl groups is 1. The van der Waals surface area contributed by atoms with Crippen molar-refractivity contribution < 1.29 is 15.0 Å². The van der Waals surface area contributed by atoms with Gasteiger partial charge in [-0.2, -0.15) is 0 Å². The van der Waals surface area contributed by atoms with E-state index < -0.39 is 5.60 Å². The summed E-state index contributed by atoms with van der Waals surface area (Å²) >= 11 is 5.60. The van der Waals surface area contributed by atoms with Crippen molar-refractivity contribution in [3.8, 4) is 0 Å². The number of aromatic nitrogens is 1. The fourth-order valence-electron chi connectivity index (χ4n) is 0.949. The van der Waals surface area contributed by atoms with Crippen molar-refractivity contribution in [2.45, 2.75) is 45.4 Å². The molecule has 0 bridgehead atoms. The maximum absolute atomic E-state index is 9.54. The van der Waals surface area contributed by atoms with Gasteiger partial charge in [0.2, 0.25) is 6.20 Å². The molecule has 106 valence electrons. The van der Waals surface area contributed by atoms with Crippen molar-refractivity contribution in [2.24, 2.45) is 0 Å². The van der Waals surface area contributed by atoms with E-state index in [4.69, 9.17) is 11.6 Å². The van der Waals surface area contributed by atoms with Crippen LogP contribution in [0.3, 0.4) is 0 Å². The Labute approximate surface area is 123 Å². The molecule has 1 rings (SSSR count). The molecule has 0 fully saturated rings. The van der Waals surface area contributed by atoms with E-state index in [1.54, 1.807) is 26.0 Å². The Bertz CT molecular complexity index is 367. The van der Waals surface area contributed by atoms with Gasteiger partial charge in [0, 0.05) is 10.8 Å². The van der Waals surface area contributed by atoms with Gasteiger partial charge in [0.05, 0.1) is 0 Å². The van der Waals surface area contributed by atoms with Crippen molar-refractivity contribution in [3.63, 3.8) is 0 Å². The Morgan fingerprint density at radius 3 is 1.83 bits per heavy atom. The standard InChI is InChI=1S/C8H11ClNO2.C4H11P.ClH/c1-8(2,11)7-4-3-6(9)5-10(7)12;1-4(2,3)5;/h3-5,11-12H,1-2H3;5H2,1-3H3;1H/q+1;;. The first-order valence-corrected chi connectivity index (χ1v) is 6.29. The maximum atomic E-state index is 9.54. The minimum atomic E-state index is -1.07. The zero-order valence-electron chi connectivity index (χ0n) is 11.4. The lowest BCUT2D eigenvalue weighted by Crippen LogP contribution is -2.41. The molecule has 0 aliphatic carbocycles. The first kappa shape index (κ1) is 20.2. The molecule has 3 nitrogen and oxygen atoms in total. The van der Waals surface area contributed by atoms with Crippen LogP contribution in [0.1, 0.15) is 40.3 Å². The molecule has 2 N–H and O–H groups in total. The largest absolute Gasteiger partial charge is 0.379 e. The summed E-state index contributed by atoms with van der Waals surface area (Å²) in [5, 5.41) is 19.7. The van der Waals surface area contributed by atoms with Gasteiger partial charge in [-0.1, -0.05) is 32.4 Å². The molecule has 0 aromatic carbocycles. The number of hydrogen-bond donors (Lipinski definition) is 2. The van der Waals surface area contributed by atoms with Crippen LogP contribution < -0.4 is 4.73 Å². The van der Waals surface area contributed by atoms with Crippen LogP contribution in [0.4, 0.5) is 0 Å². The molecule has 1 aromatic rings. The summed E-state index contributed by atoms with van der Waals surface area (Å²) in [7, 11) is 2.72. The van der Waals surface area contributed by atoms with Gasteiger partial charge in [0.25, 0.3) is 5.69 Å². The second-order valence-corrected chi connectivity index (χ2v) is 7.67. The number of hydrogen-bond acceptors (Lipinski definition) is 2. The van der Waals surface area contributed by atoms with E-state index in [0.717, 1.165) is 4.73 Å². The van der Waals surface area contributed by atoms with Crippen LogP contribution in [-0.4, -0.2) is 15.5 Å². The molecule has 18 heavy (non-hydrogen) atoms. The first-order chi connectivity index (χ1) is 7.41. The molecular formula is C12H23Cl2NO2P+. The van der Waals surface area contributed by atoms with E-state index in [2.05, 4.69) is 30.0 Å². The Hall–Kier alpha value is -0.0800. The highest BCUT2D eigenvalue weighted by Gasteiger charge is 2.28. The average Bonchev–Trinajstić information content (AvgIpc) is 1.96. The quantitative estimate of drug-likeness (QED) is 0.475. The summed E-state index contributed by atoms with van der Waals surface area (Å²) in [5.74, 6) is 0. The summed E-state index contributed by atoms with van der Waals surface area (Å²) in [4.78, 5) is 0. The van der Waals surface area contributed by atoms with Crippen molar-refractivity contribution in [1.82, 2.24) is 0 Å². The van der Waals surface area contributed by atoms with E-state index >= 15 is 0 Å². The highest BCUT2D eigenvalue weighted by Crippen LogP contribution is 2.16. The fraction of sp³-hybridized carbons (Fsp3) is 0.583. The molecule has 1 atom stereocenters. The number of rotatable bonds is 1. The SMILES string of the molecule is CC(C)(C)P.CC(C)(O)c1ccc(Cl)c[n+]1O.Cl. The third-order valence-corrected chi connectivity index (χ3v) is 1.74. The molecule has 0 aliphatic heterocycles. The zero-order chi connectivity index (χ0) is 13.9. The van der Waals surface area contributed by atoms with Gasteiger partial charge in [-0.05, 0) is 25.1 Å². The minimum absolute atomic E-state index is 0. The molecule has 0 aliphatic rings. The highest BCUT2D eigenvalue weighted by molar-refractivity contribution is 7.18. The number of pyridine rings is 1. The van der Waals surface area contributed by atoms with Gasteiger partial charge >= 0.3 is 0 Å². The lowest BCUT2D eigenvalue weighted by molar-refractivity contribution is -0.912. The fourth-order valence-corrected chi connectivity index (χ4v) is 1.10. The van der Waals surface area contributed by atoms with Crippen molar-refractivity contribution in [2.75, 3.05) is 0 Å². The van der Waals surface area contributed by atoms with Crippen LogP contribution in [-0.2, 0) is 5.60 Å². The van der Waals surface area contributed by atoms with Crippen molar-refractivity contribution >= 4 is 33.2 Å². The summed E-state index contributed by atoms with van der Waals surface area (Å²) in [6, 6.07) is 3.18. The molecule has 0 radical (unpaired) electrons. The third-order valence-electron chi connectivity index (χ3n) is 1.52. The summed E-state index contributed by atoms with van der Waals surface area (Å²) in [6.07, 6.45) is 1.33. The van der Waals surface area contributed by atoms with Gasteiger partial charge in [-0.15, -0.1) is 21.6 Å². The van der Waals surface area contributed by atoms with E-state index in [1.807, 2.05) is 0 Å². The Kier molecular flexibility index (Phi) is 8.43. The molecule has 0 saturated heterocycles. The van der Waals surface area contributed by atoms with Crippen LogP contribution >= 0.6 is 33.2 Å². The average molecular weight is 315 g/mol. The normalized spacial score (nSPS) is 11.1. The second kappa shape index (κ2) is 7.49. The lowest BCUT2D eigenvalue weighted by atomic mass is 10.1. The Morgan fingerprint density at radius 2 is 1.56 bits per heavy atom. The van der Waals surface area contributed by atoms with Crippen molar-refractivity contribution in [1.29, 1.82) is 0 Å². The topological polar surface area (TPSA) is 44.3 Å². The van der Waals surface area contributed by atoms with Crippen LogP contribution in [0.25, 0.3) is 0 Å². The predicted molar refractivity (Wildman–Crippen MR) is 80.8 cm³/mol. The van der Waals surface area contributed by atoms with Gasteiger partial charge in [0.15, 0.2) is 0 Å². The molecule has 0 amide bonds. The van der Waals surface area contributed by atoms with Crippen LogP contribution in [0.5, 0.6) is 0 Å². The van der Waals surface area contributed by atoms with Crippen LogP contribution in [0.2, 0.25) is 5.02 Å². The lowest BCUT2D eigenvalue weighted by Gasteiger charge is -2.11. The summed E-state index contributed by atoms with van der Waals surface area (Å²) in [5.41, 5.74) is -0.675. The number of nitrogens with zero attached hydrogens (tertiary/aromatic N) is 1. The minimum Gasteiger partial charge on any atom is -0.379 e. The monoisotopic (exact) mass is 314 g/mol. The van der Waals surface area contributed by atoms with Gasteiger partial charge in [0.1, 0.15) is 10.6 Å². The van der Waals surface area contributed by atoms with Crippen molar-refractivity contribution in [3.05, 3.63) is 29.0 Å². The smallest absolute Gasteiger partial charge is 0.264 e. The molecule has 0 spiro atoms. The second-order valence-electron chi connectivity index (χ2n) is 5.50. The molecular weight excluding hydrogens is 292 g/mol. The number of halogens is 2. The van der Waals surface area contributed by atoms with Gasteiger partial charge in [-0.3, -0.25) is 5.21 Å². The summed E-state index contributed by atoms with van der Waals surface area (Å²) in [6.45, 7) is 9.62. The summed E-state index contributed by atoms with van der Waals surface area (Å²) < 4.78 is 0.822. The predicted octanol–water partition coefficient (Wildman–Crippen LogP) is 3.17. The van der Waals surface area contributed by atoms with E-state index in [9.17, 15) is 10.3 Å². The Balaban J connectivity index is 0. The van der Waals surface area contributed by atoms with E-state index in [-0.39, 0.29) is 12.4 Å². The van der Waals surface area contributed by atoms with Crippen LogP contribution in [0.15, 0.2) is 18.3 Å². The molecule has 0 saturated carbocycles. The first-order valence-electron chi connectivity index (χ1n) is 5.33. The molecule has 1 unspecified atom stereocenters. The van der Waals surface area contributed by atoms with E-state index in [1.165, 1.54) is 6.20 Å².